The molecule has 0 atom stereocenters. The molecule has 7 nitrogen and oxygen atoms in total. The van der Waals surface area contributed by atoms with Crippen molar-refractivity contribution in [1.82, 2.24) is 15.3 Å². The van der Waals surface area contributed by atoms with E-state index in [1.165, 1.54) is 30.5 Å². The number of rotatable bonds is 5. The van der Waals surface area contributed by atoms with Crippen molar-refractivity contribution in [2.75, 3.05) is 0 Å². The monoisotopic (exact) mass is 423 g/mol. The van der Waals surface area contributed by atoms with Crippen molar-refractivity contribution >= 4 is 28.9 Å². The zero-order valence-electron chi connectivity index (χ0n) is 17.3. The summed E-state index contributed by atoms with van der Waals surface area (Å²) in [5.74, 6) is -1.96. The normalized spacial score (nSPS) is 11.6. The number of nitrogens with one attached hydrogen (secondary N) is 1. The Hall–Kier alpha value is -3.81. The van der Waals surface area contributed by atoms with Crippen molar-refractivity contribution in [3.05, 3.63) is 71.4 Å². The van der Waals surface area contributed by atoms with Gasteiger partial charge in [-0.2, -0.15) is 0 Å². The van der Waals surface area contributed by atoms with Crippen molar-refractivity contribution < 1.29 is 23.8 Å². The Labute approximate surface area is 178 Å². The molecule has 2 heterocycles. The Balaban J connectivity index is 1.90. The van der Waals surface area contributed by atoms with Crippen molar-refractivity contribution in [1.29, 1.82) is 0 Å². The Morgan fingerprint density at radius 1 is 1.19 bits per heavy atom. The molecule has 0 bridgehead atoms. The number of carbonyl (C=O) groups is 2. The molecule has 0 radical (unpaired) electrons. The van der Waals surface area contributed by atoms with Crippen molar-refractivity contribution in [3.8, 4) is 5.75 Å². The Morgan fingerprint density at radius 2 is 1.90 bits per heavy atom. The number of fused-ring (bicyclic) bond motifs is 1. The molecule has 0 aliphatic carbocycles. The molecule has 0 saturated carbocycles. The average Bonchev–Trinajstić information content (AvgIpc) is 2.71. The summed E-state index contributed by atoms with van der Waals surface area (Å²) in [4.78, 5) is 33.1. The van der Waals surface area contributed by atoms with Gasteiger partial charge in [0, 0.05) is 24.2 Å². The van der Waals surface area contributed by atoms with Crippen molar-refractivity contribution in [2.45, 2.75) is 32.9 Å². The Morgan fingerprint density at radius 3 is 2.58 bits per heavy atom. The summed E-state index contributed by atoms with van der Waals surface area (Å²) in [5, 5.41) is 13.7. The maximum Gasteiger partial charge on any atom is 0.331 e. The number of benzene rings is 1. The lowest BCUT2D eigenvalue weighted by molar-refractivity contribution is -0.148. The van der Waals surface area contributed by atoms with E-state index in [9.17, 15) is 19.1 Å². The molecule has 31 heavy (non-hydrogen) atoms. The second-order valence-corrected chi connectivity index (χ2v) is 7.77. The zero-order valence-corrected chi connectivity index (χ0v) is 17.3. The van der Waals surface area contributed by atoms with E-state index in [4.69, 9.17) is 4.74 Å². The largest absolute Gasteiger partial charge is 0.504 e. The lowest BCUT2D eigenvalue weighted by Gasteiger charge is -2.17. The predicted octanol–water partition coefficient (Wildman–Crippen LogP) is 3.76. The van der Waals surface area contributed by atoms with Gasteiger partial charge < -0.3 is 15.2 Å². The number of halogens is 1. The van der Waals surface area contributed by atoms with Gasteiger partial charge in [0.15, 0.2) is 11.4 Å². The third kappa shape index (κ3) is 5.63. The van der Waals surface area contributed by atoms with Gasteiger partial charge in [0.05, 0.1) is 5.69 Å². The minimum atomic E-state index is -0.654. The van der Waals surface area contributed by atoms with E-state index in [1.54, 1.807) is 45.0 Å². The highest BCUT2D eigenvalue weighted by atomic mass is 19.1. The molecule has 2 aromatic heterocycles. The SMILES string of the molecule is CC(C)(C)OC(=O)C=Cc1nc(C(=O)NCc2ccc(F)cc2)c(O)c2ncccc12. The third-order valence-corrected chi connectivity index (χ3v) is 4.13. The van der Waals surface area contributed by atoms with E-state index in [0.29, 0.717) is 10.9 Å². The van der Waals surface area contributed by atoms with E-state index in [1.807, 2.05) is 0 Å². The van der Waals surface area contributed by atoms with Crippen LogP contribution >= 0.6 is 0 Å². The molecular weight excluding hydrogens is 401 g/mol. The van der Waals surface area contributed by atoms with Gasteiger partial charge in [-0.3, -0.25) is 9.78 Å². The van der Waals surface area contributed by atoms with E-state index >= 15 is 0 Å². The van der Waals surface area contributed by atoms with Gasteiger partial charge in [0.2, 0.25) is 0 Å². The first-order valence-corrected chi connectivity index (χ1v) is 9.55. The lowest BCUT2D eigenvalue weighted by atomic mass is 10.1. The molecule has 1 amide bonds. The van der Waals surface area contributed by atoms with Gasteiger partial charge in [-0.15, -0.1) is 0 Å². The first-order valence-electron chi connectivity index (χ1n) is 9.55. The molecule has 0 unspecified atom stereocenters. The van der Waals surface area contributed by atoms with Crippen molar-refractivity contribution in [2.24, 2.45) is 0 Å². The molecule has 0 saturated heterocycles. The number of esters is 1. The molecular formula is C23H22FN3O4. The van der Waals surface area contributed by atoms with E-state index in [-0.39, 0.29) is 35.0 Å². The summed E-state index contributed by atoms with van der Waals surface area (Å²) < 4.78 is 18.3. The quantitative estimate of drug-likeness (QED) is 0.479. The predicted molar refractivity (Wildman–Crippen MR) is 114 cm³/mol. The molecule has 2 N–H and O–H groups in total. The van der Waals surface area contributed by atoms with Crippen LogP contribution in [-0.4, -0.2) is 32.6 Å². The highest BCUT2D eigenvalue weighted by Gasteiger charge is 2.20. The molecule has 1 aromatic carbocycles. The van der Waals surface area contributed by atoms with E-state index in [2.05, 4.69) is 15.3 Å². The lowest BCUT2D eigenvalue weighted by Crippen LogP contribution is -2.24. The summed E-state index contributed by atoms with van der Waals surface area (Å²) in [7, 11) is 0. The van der Waals surface area contributed by atoms with Crippen molar-refractivity contribution in [3.63, 3.8) is 0 Å². The number of amides is 1. The maximum absolute atomic E-state index is 13.0. The molecule has 0 fully saturated rings. The van der Waals surface area contributed by atoms with Gasteiger partial charge in [-0.1, -0.05) is 12.1 Å². The Kier molecular flexibility index (Phi) is 6.29. The van der Waals surface area contributed by atoms with Gasteiger partial charge in [-0.25, -0.2) is 14.2 Å². The highest BCUT2D eigenvalue weighted by Crippen LogP contribution is 2.28. The van der Waals surface area contributed by atoms with Crippen LogP contribution in [0.2, 0.25) is 0 Å². The molecule has 3 aromatic rings. The number of hydrogen-bond donors (Lipinski definition) is 2. The molecule has 160 valence electrons. The smallest absolute Gasteiger partial charge is 0.331 e. The average molecular weight is 423 g/mol. The van der Waals surface area contributed by atoms with E-state index < -0.39 is 17.5 Å². The molecule has 0 aliphatic rings. The number of ether oxygens (including phenoxy) is 1. The van der Waals surface area contributed by atoms with Gasteiger partial charge in [0.1, 0.15) is 16.9 Å². The van der Waals surface area contributed by atoms with Crippen LogP contribution in [0.15, 0.2) is 48.7 Å². The summed E-state index contributed by atoms with van der Waals surface area (Å²) >= 11 is 0. The van der Waals surface area contributed by atoms with Crippen LogP contribution in [-0.2, 0) is 16.1 Å². The van der Waals surface area contributed by atoms with Crippen LogP contribution in [0.25, 0.3) is 17.0 Å². The van der Waals surface area contributed by atoms with Gasteiger partial charge >= 0.3 is 5.97 Å². The summed E-state index contributed by atoms with van der Waals surface area (Å²) in [6.07, 6.45) is 4.09. The molecule has 3 rings (SSSR count). The number of aromatic nitrogens is 2. The molecule has 0 spiro atoms. The second kappa shape index (κ2) is 8.91. The standard InChI is InChI=1S/C23H22FN3O4/c1-23(2,3)31-18(28)11-10-17-16-5-4-12-25-19(16)21(29)20(27-17)22(30)26-13-14-6-8-15(24)9-7-14/h4-12,29H,13H2,1-3H3,(H,26,30). The van der Waals surface area contributed by atoms with E-state index in [0.717, 1.165) is 0 Å². The number of pyridine rings is 2. The first kappa shape index (κ1) is 21.9. The number of hydrogen-bond acceptors (Lipinski definition) is 6. The Bertz CT molecular complexity index is 1150. The van der Waals surface area contributed by atoms with Gasteiger partial charge in [0.25, 0.3) is 5.91 Å². The fourth-order valence-corrected chi connectivity index (χ4v) is 2.78. The maximum atomic E-state index is 13.0. The minimum Gasteiger partial charge on any atom is -0.504 e. The van der Waals surface area contributed by atoms with Crippen LogP contribution in [0.5, 0.6) is 5.75 Å². The fourth-order valence-electron chi connectivity index (χ4n) is 2.78. The van der Waals surface area contributed by atoms with Crippen LogP contribution in [0.4, 0.5) is 4.39 Å². The van der Waals surface area contributed by atoms with Gasteiger partial charge in [-0.05, 0) is 56.7 Å². The first-order chi connectivity index (χ1) is 14.6. The number of nitrogens with zero attached hydrogens (tertiary/aromatic N) is 2. The number of aromatic hydroxyl groups is 1. The number of carbonyl (C=O) groups excluding carboxylic acids is 2. The molecule has 8 heteroatoms. The molecule has 0 aliphatic heterocycles. The summed E-state index contributed by atoms with van der Waals surface area (Å²) in [6.45, 7) is 5.37. The van der Waals surface area contributed by atoms with Crippen LogP contribution in [0.1, 0.15) is 42.5 Å². The minimum absolute atomic E-state index is 0.115. The fraction of sp³-hybridized carbons (Fsp3) is 0.217. The van der Waals surface area contributed by atoms with Crippen LogP contribution < -0.4 is 5.32 Å². The summed E-state index contributed by atoms with van der Waals surface area (Å²) in [5.41, 5.74) is 0.237. The van der Waals surface area contributed by atoms with Crippen LogP contribution in [0, 0.1) is 5.82 Å². The second-order valence-electron chi connectivity index (χ2n) is 7.77. The van der Waals surface area contributed by atoms with Crippen LogP contribution in [0.3, 0.4) is 0 Å². The third-order valence-electron chi connectivity index (χ3n) is 4.13. The topological polar surface area (TPSA) is 101 Å². The highest BCUT2D eigenvalue weighted by molar-refractivity contribution is 6.03. The summed E-state index contributed by atoms with van der Waals surface area (Å²) in [6, 6.07) is 8.99. The zero-order chi connectivity index (χ0) is 22.6.